The Labute approximate surface area is 63.6 Å². The van der Waals surface area contributed by atoms with E-state index in [0.29, 0.717) is 0 Å². The highest BCUT2D eigenvalue weighted by Gasteiger charge is 2.04. The molecule has 1 aliphatic carbocycles. The number of hydrogen-bond donors (Lipinski definition) is 0. The van der Waals surface area contributed by atoms with Gasteiger partial charge in [0.05, 0.1) is 0 Å². The molecule has 0 heteroatoms. The average Bonchev–Trinajstić information content (AvgIpc) is 2.71. The second-order valence-electron chi connectivity index (χ2n) is 2.95. The van der Waals surface area contributed by atoms with E-state index in [1.165, 1.54) is 38.5 Å². The number of rotatable bonds is 6. The lowest BCUT2D eigenvalue weighted by atomic mass is 10.1. The monoisotopic (exact) mass is 136 g/mol. The van der Waals surface area contributed by atoms with Gasteiger partial charge in [-0.05, 0) is 32.1 Å². The van der Waals surface area contributed by atoms with E-state index in [-0.39, 0.29) is 0 Å². The van der Waals surface area contributed by atoms with Crippen molar-refractivity contribution >= 4 is 0 Å². The molecule has 10 heavy (non-hydrogen) atoms. The minimum Gasteiger partial charge on any atom is -0.103 e. The Morgan fingerprint density at radius 1 is 1.40 bits per heavy atom. The van der Waals surface area contributed by atoms with Crippen LogP contribution in [-0.4, -0.2) is 0 Å². The summed E-state index contributed by atoms with van der Waals surface area (Å²) in [5, 5.41) is 0. The molecule has 0 atom stereocenters. The second kappa shape index (κ2) is 4.32. The molecule has 0 aromatic carbocycles. The van der Waals surface area contributed by atoms with Crippen LogP contribution in [0, 0.1) is 0 Å². The summed E-state index contributed by atoms with van der Waals surface area (Å²) in [5.41, 5.74) is 1.68. The maximum Gasteiger partial charge on any atom is -0.0136 e. The van der Waals surface area contributed by atoms with E-state index in [9.17, 15) is 0 Å². The summed E-state index contributed by atoms with van der Waals surface area (Å²) in [5.74, 6) is 0. The van der Waals surface area contributed by atoms with Gasteiger partial charge in [0.25, 0.3) is 0 Å². The Bertz CT molecular complexity index is 131. The van der Waals surface area contributed by atoms with Crippen molar-refractivity contribution in [3.8, 4) is 0 Å². The van der Waals surface area contributed by atoms with Crippen molar-refractivity contribution in [3.63, 3.8) is 0 Å². The summed E-state index contributed by atoms with van der Waals surface area (Å²) < 4.78 is 0. The van der Waals surface area contributed by atoms with Crippen molar-refractivity contribution in [3.05, 3.63) is 24.3 Å². The van der Waals surface area contributed by atoms with Crippen LogP contribution in [0.5, 0.6) is 0 Å². The van der Waals surface area contributed by atoms with E-state index in [1.807, 2.05) is 6.08 Å². The zero-order valence-electron chi connectivity index (χ0n) is 6.60. The largest absolute Gasteiger partial charge is 0.103 e. The Hall–Kier alpha value is -0.520. The molecule has 0 saturated carbocycles. The van der Waals surface area contributed by atoms with E-state index >= 15 is 0 Å². The lowest BCUT2D eigenvalue weighted by molar-refractivity contribution is 0.689. The van der Waals surface area contributed by atoms with E-state index in [4.69, 9.17) is 0 Å². The molecule has 1 rings (SSSR count). The van der Waals surface area contributed by atoms with Crippen LogP contribution in [0.1, 0.15) is 38.5 Å². The molecule has 1 aliphatic rings. The van der Waals surface area contributed by atoms with Gasteiger partial charge in [-0.25, -0.2) is 0 Å². The molecule has 0 aliphatic heterocycles. The minimum absolute atomic E-state index is 1.19. The summed E-state index contributed by atoms with van der Waals surface area (Å²) in [6.45, 7) is 3.69. The molecule has 0 heterocycles. The fourth-order valence-corrected chi connectivity index (χ4v) is 1.09. The van der Waals surface area contributed by atoms with E-state index < -0.39 is 0 Å². The molecule has 0 bridgehead atoms. The zero-order valence-corrected chi connectivity index (χ0v) is 6.60. The minimum atomic E-state index is 1.19. The normalized spacial score (nSPS) is 14.6. The van der Waals surface area contributed by atoms with Crippen LogP contribution in [0.3, 0.4) is 0 Å². The smallest absolute Gasteiger partial charge is 0.0136 e. The number of allylic oxidation sites excluding steroid dienone is 3. The van der Waals surface area contributed by atoms with Gasteiger partial charge in [-0.15, -0.1) is 6.58 Å². The van der Waals surface area contributed by atoms with Crippen LogP contribution < -0.4 is 0 Å². The highest BCUT2D eigenvalue weighted by Crippen LogP contribution is 2.24. The van der Waals surface area contributed by atoms with Crippen LogP contribution in [-0.2, 0) is 0 Å². The Kier molecular flexibility index (Phi) is 3.28. The standard InChI is InChI=1S/C10H16/c1-2-3-4-5-6-7-10-8-9-10/h2,8H,1,3-7,9H2. The van der Waals surface area contributed by atoms with Gasteiger partial charge in [0.2, 0.25) is 0 Å². The third kappa shape index (κ3) is 3.49. The highest BCUT2D eigenvalue weighted by molar-refractivity contribution is 5.21. The van der Waals surface area contributed by atoms with E-state index in [0.717, 1.165) is 0 Å². The van der Waals surface area contributed by atoms with Crippen LogP contribution >= 0.6 is 0 Å². The summed E-state index contributed by atoms with van der Waals surface area (Å²) in [4.78, 5) is 0. The van der Waals surface area contributed by atoms with Gasteiger partial charge >= 0.3 is 0 Å². The van der Waals surface area contributed by atoms with Gasteiger partial charge in [-0.3, -0.25) is 0 Å². The molecule has 0 saturated heterocycles. The number of unbranched alkanes of at least 4 members (excludes halogenated alkanes) is 3. The van der Waals surface area contributed by atoms with Gasteiger partial charge in [-0.2, -0.15) is 0 Å². The first kappa shape index (κ1) is 7.59. The molecule has 0 unspecified atom stereocenters. The van der Waals surface area contributed by atoms with Crippen molar-refractivity contribution in [2.45, 2.75) is 38.5 Å². The summed E-state index contributed by atoms with van der Waals surface area (Å²) in [6, 6.07) is 0. The molecular weight excluding hydrogens is 120 g/mol. The number of hydrogen-bond acceptors (Lipinski definition) is 0. The van der Waals surface area contributed by atoms with E-state index in [1.54, 1.807) is 5.57 Å². The fraction of sp³-hybridized carbons (Fsp3) is 0.600. The predicted molar refractivity (Wildman–Crippen MR) is 46.0 cm³/mol. The fourth-order valence-electron chi connectivity index (χ4n) is 1.09. The van der Waals surface area contributed by atoms with Gasteiger partial charge in [0, 0.05) is 0 Å². The molecule has 0 spiro atoms. The first-order valence-electron chi connectivity index (χ1n) is 4.22. The SMILES string of the molecule is C=CCCCCCC1=CC1. The predicted octanol–water partition coefficient (Wildman–Crippen LogP) is 3.45. The third-order valence-electron chi connectivity index (χ3n) is 1.90. The third-order valence-corrected chi connectivity index (χ3v) is 1.90. The highest BCUT2D eigenvalue weighted by atomic mass is 14.1. The molecule has 0 nitrogen and oxygen atoms in total. The molecule has 56 valence electrons. The summed E-state index contributed by atoms with van der Waals surface area (Å²) in [7, 11) is 0. The Morgan fingerprint density at radius 3 is 2.80 bits per heavy atom. The van der Waals surface area contributed by atoms with Gasteiger partial charge in [0.15, 0.2) is 0 Å². The molecule has 0 radical (unpaired) electrons. The van der Waals surface area contributed by atoms with Crippen molar-refractivity contribution in [2.24, 2.45) is 0 Å². The van der Waals surface area contributed by atoms with Crippen LogP contribution in [0.4, 0.5) is 0 Å². The second-order valence-corrected chi connectivity index (χ2v) is 2.95. The van der Waals surface area contributed by atoms with Gasteiger partial charge in [0.1, 0.15) is 0 Å². The zero-order chi connectivity index (χ0) is 7.23. The lowest BCUT2D eigenvalue weighted by Crippen LogP contribution is -1.74. The van der Waals surface area contributed by atoms with Crippen LogP contribution in [0.2, 0.25) is 0 Å². The molecule has 0 N–H and O–H groups in total. The van der Waals surface area contributed by atoms with E-state index in [2.05, 4.69) is 12.7 Å². The van der Waals surface area contributed by atoms with Gasteiger partial charge < -0.3 is 0 Å². The van der Waals surface area contributed by atoms with Gasteiger partial charge in [-0.1, -0.05) is 24.1 Å². The maximum absolute atomic E-state index is 3.69. The van der Waals surface area contributed by atoms with Crippen LogP contribution in [0.15, 0.2) is 24.3 Å². The maximum atomic E-state index is 3.69. The first-order valence-corrected chi connectivity index (χ1v) is 4.22. The average molecular weight is 136 g/mol. The summed E-state index contributed by atoms with van der Waals surface area (Å²) in [6.07, 6.45) is 12.3. The Balaban J connectivity index is 1.76. The quantitative estimate of drug-likeness (QED) is 0.387. The Morgan fingerprint density at radius 2 is 2.20 bits per heavy atom. The van der Waals surface area contributed by atoms with Crippen molar-refractivity contribution in [1.82, 2.24) is 0 Å². The topological polar surface area (TPSA) is 0 Å². The lowest BCUT2D eigenvalue weighted by Gasteiger charge is -1.94. The summed E-state index contributed by atoms with van der Waals surface area (Å²) >= 11 is 0. The van der Waals surface area contributed by atoms with Crippen molar-refractivity contribution < 1.29 is 0 Å². The molecule has 0 fully saturated rings. The van der Waals surface area contributed by atoms with Crippen molar-refractivity contribution in [2.75, 3.05) is 0 Å². The van der Waals surface area contributed by atoms with Crippen molar-refractivity contribution in [1.29, 1.82) is 0 Å². The molecular formula is C10H16. The van der Waals surface area contributed by atoms with Crippen LogP contribution in [0.25, 0.3) is 0 Å². The molecule has 0 amide bonds. The first-order chi connectivity index (χ1) is 4.93. The molecule has 0 aromatic rings. The molecule has 0 aromatic heterocycles.